The van der Waals surface area contributed by atoms with E-state index in [1.807, 2.05) is 31.2 Å². The van der Waals surface area contributed by atoms with Crippen molar-refractivity contribution in [3.63, 3.8) is 0 Å². The zero-order valence-corrected chi connectivity index (χ0v) is 14.1. The average Bonchev–Trinajstić information content (AvgIpc) is 2.59. The largest absolute Gasteiger partial charge is 0.481 e. The summed E-state index contributed by atoms with van der Waals surface area (Å²) in [5.41, 5.74) is 1.23. The Morgan fingerprint density at radius 2 is 1.96 bits per heavy atom. The van der Waals surface area contributed by atoms with Gasteiger partial charge in [-0.1, -0.05) is 18.1 Å². The Hall–Kier alpha value is -2.19. The van der Waals surface area contributed by atoms with E-state index in [1.165, 1.54) is 5.56 Å². The van der Waals surface area contributed by atoms with Crippen LogP contribution in [-0.4, -0.2) is 45.9 Å². The first-order valence-corrected chi connectivity index (χ1v) is 7.97. The molecule has 2 N–H and O–H groups in total. The van der Waals surface area contributed by atoms with E-state index in [1.54, 1.807) is 7.05 Å². The van der Waals surface area contributed by atoms with Gasteiger partial charge in [-0.25, -0.2) is 0 Å². The number of rotatable bonds is 10. The minimum absolute atomic E-state index is 0.298. The Bertz CT molecular complexity index is 492. The number of hydrogen-bond donors (Lipinski definition) is 2. The molecule has 0 bridgehead atoms. The third-order valence-corrected chi connectivity index (χ3v) is 3.14. The van der Waals surface area contributed by atoms with Gasteiger partial charge in [-0.3, -0.25) is 4.99 Å². The molecule has 0 radical (unpaired) electrons. The molecule has 0 heterocycles. The Morgan fingerprint density at radius 1 is 1.22 bits per heavy atom. The highest BCUT2D eigenvalue weighted by Crippen LogP contribution is 2.12. The molecular formula is C18H27N3O2. The molecule has 0 saturated carbocycles. The predicted octanol–water partition coefficient (Wildman–Crippen LogP) is 1.83. The molecule has 0 aromatic heterocycles. The molecule has 1 aromatic rings. The lowest BCUT2D eigenvalue weighted by molar-refractivity contribution is 0.145. The Balaban J connectivity index is 2.22. The number of aliphatic imine (C=N–C) groups is 1. The van der Waals surface area contributed by atoms with Crippen molar-refractivity contribution in [3.8, 4) is 18.1 Å². The van der Waals surface area contributed by atoms with Gasteiger partial charge in [0.05, 0.1) is 0 Å². The topological polar surface area (TPSA) is 54.9 Å². The zero-order chi connectivity index (χ0) is 16.8. The molecule has 5 nitrogen and oxygen atoms in total. The number of ether oxygens (including phenoxy) is 2. The fourth-order valence-electron chi connectivity index (χ4n) is 1.95. The van der Waals surface area contributed by atoms with Crippen molar-refractivity contribution >= 4 is 5.96 Å². The monoisotopic (exact) mass is 317 g/mol. The average molecular weight is 317 g/mol. The summed E-state index contributed by atoms with van der Waals surface area (Å²) in [6, 6.07) is 7.97. The maximum absolute atomic E-state index is 5.35. The highest BCUT2D eigenvalue weighted by molar-refractivity contribution is 5.79. The summed E-state index contributed by atoms with van der Waals surface area (Å²) in [5.74, 6) is 4.06. The molecule has 0 atom stereocenters. The second kappa shape index (κ2) is 12.4. The van der Waals surface area contributed by atoms with Crippen LogP contribution in [0.5, 0.6) is 5.75 Å². The van der Waals surface area contributed by atoms with Gasteiger partial charge < -0.3 is 20.1 Å². The van der Waals surface area contributed by atoms with E-state index in [-0.39, 0.29) is 0 Å². The van der Waals surface area contributed by atoms with Crippen LogP contribution in [0.15, 0.2) is 29.3 Å². The van der Waals surface area contributed by atoms with Crippen molar-refractivity contribution in [3.05, 3.63) is 29.8 Å². The summed E-state index contributed by atoms with van der Waals surface area (Å²) < 4.78 is 10.7. The van der Waals surface area contributed by atoms with E-state index in [0.717, 1.165) is 50.9 Å². The quantitative estimate of drug-likeness (QED) is 0.299. The van der Waals surface area contributed by atoms with Gasteiger partial charge in [0, 0.05) is 33.4 Å². The van der Waals surface area contributed by atoms with Gasteiger partial charge in [0.25, 0.3) is 0 Å². The second-order valence-corrected chi connectivity index (χ2v) is 4.86. The molecule has 1 aromatic carbocycles. The molecule has 5 heteroatoms. The van der Waals surface area contributed by atoms with Crippen LogP contribution in [0.3, 0.4) is 0 Å². The first-order valence-electron chi connectivity index (χ1n) is 7.97. The molecule has 23 heavy (non-hydrogen) atoms. The highest BCUT2D eigenvalue weighted by Gasteiger charge is 1.99. The van der Waals surface area contributed by atoms with Crippen molar-refractivity contribution in [1.82, 2.24) is 10.6 Å². The van der Waals surface area contributed by atoms with Gasteiger partial charge in [0.1, 0.15) is 12.4 Å². The molecule has 0 unspecified atom stereocenters. The lowest BCUT2D eigenvalue weighted by atomic mass is 10.1. The molecule has 126 valence electrons. The van der Waals surface area contributed by atoms with E-state index < -0.39 is 0 Å². The summed E-state index contributed by atoms with van der Waals surface area (Å²) in [6.45, 7) is 5.50. The van der Waals surface area contributed by atoms with Crippen molar-refractivity contribution in [1.29, 1.82) is 0 Å². The SMILES string of the molecule is C#CCOc1ccc(CCNC(=NC)NCCCOCC)cc1. The van der Waals surface area contributed by atoms with E-state index in [9.17, 15) is 0 Å². The van der Waals surface area contributed by atoms with Crippen molar-refractivity contribution < 1.29 is 9.47 Å². The third kappa shape index (κ3) is 8.74. The summed E-state index contributed by atoms with van der Waals surface area (Å²) in [5, 5.41) is 6.56. The van der Waals surface area contributed by atoms with Crippen LogP contribution in [0, 0.1) is 12.3 Å². The highest BCUT2D eigenvalue weighted by atomic mass is 16.5. The van der Waals surface area contributed by atoms with Crippen LogP contribution in [0.2, 0.25) is 0 Å². The number of nitrogens with zero attached hydrogens (tertiary/aromatic N) is 1. The second-order valence-electron chi connectivity index (χ2n) is 4.86. The summed E-state index contributed by atoms with van der Waals surface area (Å²) in [7, 11) is 1.77. The van der Waals surface area contributed by atoms with Gasteiger partial charge in [-0.05, 0) is 37.5 Å². The van der Waals surface area contributed by atoms with Gasteiger partial charge in [0.2, 0.25) is 0 Å². The first-order chi connectivity index (χ1) is 11.3. The van der Waals surface area contributed by atoms with Crippen molar-refractivity contribution in [2.24, 2.45) is 4.99 Å². The fourth-order valence-corrected chi connectivity index (χ4v) is 1.95. The van der Waals surface area contributed by atoms with Gasteiger partial charge in [-0.2, -0.15) is 0 Å². The van der Waals surface area contributed by atoms with E-state index >= 15 is 0 Å². The Morgan fingerprint density at radius 3 is 2.61 bits per heavy atom. The summed E-state index contributed by atoms with van der Waals surface area (Å²) in [6.07, 6.45) is 7.04. The zero-order valence-electron chi connectivity index (χ0n) is 14.1. The predicted molar refractivity (Wildman–Crippen MR) is 94.9 cm³/mol. The molecule has 0 fully saturated rings. The normalized spacial score (nSPS) is 10.9. The smallest absolute Gasteiger partial charge is 0.190 e. The molecule has 0 aliphatic rings. The molecule has 0 saturated heterocycles. The molecule has 0 aliphatic heterocycles. The minimum atomic E-state index is 0.298. The third-order valence-electron chi connectivity index (χ3n) is 3.14. The standard InChI is InChI=1S/C18H27N3O2/c1-4-14-23-17-9-7-16(8-10-17)11-13-21-18(19-3)20-12-6-15-22-5-2/h1,7-10H,5-6,11-15H2,2-3H3,(H2,19,20,21). The summed E-state index contributed by atoms with van der Waals surface area (Å²) in [4.78, 5) is 4.20. The van der Waals surface area contributed by atoms with Crippen LogP contribution < -0.4 is 15.4 Å². The summed E-state index contributed by atoms with van der Waals surface area (Å²) >= 11 is 0. The van der Waals surface area contributed by atoms with E-state index in [0.29, 0.717) is 6.61 Å². The van der Waals surface area contributed by atoms with Crippen LogP contribution >= 0.6 is 0 Å². The molecular weight excluding hydrogens is 290 g/mol. The number of nitrogens with one attached hydrogen (secondary N) is 2. The van der Waals surface area contributed by atoms with Gasteiger partial charge in [0.15, 0.2) is 5.96 Å². The molecule has 0 aliphatic carbocycles. The number of terminal acetylenes is 1. The minimum Gasteiger partial charge on any atom is -0.481 e. The Labute approximate surface area is 139 Å². The van der Waals surface area contributed by atoms with Crippen molar-refractivity contribution in [2.75, 3.05) is 40.0 Å². The molecule has 0 spiro atoms. The maximum Gasteiger partial charge on any atom is 0.190 e. The molecule has 1 rings (SSSR count). The van der Waals surface area contributed by atoms with Gasteiger partial charge >= 0.3 is 0 Å². The van der Waals surface area contributed by atoms with E-state index in [4.69, 9.17) is 15.9 Å². The van der Waals surface area contributed by atoms with Crippen LogP contribution in [0.1, 0.15) is 18.9 Å². The number of guanidine groups is 1. The molecule has 0 amide bonds. The van der Waals surface area contributed by atoms with Crippen molar-refractivity contribution in [2.45, 2.75) is 19.8 Å². The van der Waals surface area contributed by atoms with Crippen LogP contribution in [-0.2, 0) is 11.2 Å². The van der Waals surface area contributed by atoms with E-state index in [2.05, 4.69) is 21.5 Å². The number of benzene rings is 1. The maximum atomic E-state index is 5.35. The fraction of sp³-hybridized carbons (Fsp3) is 0.500. The van der Waals surface area contributed by atoms with Gasteiger partial charge in [-0.15, -0.1) is 6.42 Å². The lowest BCUT2D eigenvalue weighted by Crippen LogP contribution is -2.39. The first kappa shape index (κ1) is 18.9. The van der Waals surface area contributed by atoms with Crippen LogP contribution in [0.4, 0.5) is 0 Å². The van der Waals surface area contributed by atoms with Crippen LogP contribution in [0.25, 0.3) is 0 Å². The Kier molecular flexibility index (Phi) is 10.1. The number of hydrogen-bond acceptors (Lipinski definition) is 3. The lowest BCUT2D eigenvalue weighted by Gasteiger charge is -2.12.